The average Bonchev–Trinajstić information content (AvgIpc) is 2.01. The molecule has 11 heavy (non-hydrogen) atoms. The van der Waals surface area contributed by atoms with Gasteiger partial charge in [0.25, 0.3) is 0 Å². The van der Waals surface area contributed by atoms with Crippen molar-refractivity contribution >= 4 is 11.8 Å². The molecule has 0 aliphatic rings. The molecule has 0 aliphatic carbocycles. The van der Waals surface area contributed by atoms with Gasteiger partial charge in [0.2, 0.25) is 0 Å². The second-order valence-electron chi connectivity index (χ2n) is 2.05. The van der Waals surface area contributed by atoms with Crippen molar-refractivity contribution in [2.24, 2.45) is 0 Å². The maximum atomic E-state index is 3.61. The summed E-state index contributed by atoms with van der Waals surface area (Å²) in [5, 5.41) is 3.88. The molecule has 0 nitrogen and oxygen atoms in total. The zero-order chi connectivity index (χ0) is 8.53. The van der Waals surface area contributed by atoms with Crippen molar-refractivity contribution in [1.82, 2.24) is 0 Å². The molecule has 0 saturated carbocycles. The SMILES string of the molecule is C=CS/C=C(C)/C=C\C=C/C. The number of thioether (sulfide) groups is 1. The first kappa shape index (κ1) is 10.3. The lowest BCUT2D eigenvalue weighted by Gasteiger charge is -1.86. The van der Waals surface area contributed by atoms with Crippen LogP contribution in [0.25, 0.3) is 0 Å². The van der Waals surface area contributed by atoms with E-state index in [1.54, 1.807) is 11.8 Å². The van der Waals surface area contributed by atoms with E-state index in [-0.39, 0.29) is 0 Å². The van der Waals surface area contributed by atoms with Gasteiger partial charge >= 0.3 is 0 Å². The Bertz CT molecular complexity index is 185. The molecule has 0 fully saturated rings. The first-order valence-corrected chi connectivity index (χ1v) is 4.48. The molecule has 0 N–H and O–H groups in total. The van der Waals surface area contributed by atoms with Crippen LogP contribution in [0.5, 0.6) is 0 Å². The molecular formula is C10H14S. The van der Waals surface area contributed by atoms with Gasteiger partial charge in [-0.1, -0.05) is 30.9 Å². The fourth-order valence-electron chi connectivity index (χ4n) is 0.513. The highest BCUT2D eigenvalue weighted by Crippen LogP contribution is 2.07. The fraction of sp³-hybridized carbons (Fsp3) is 0.200. The van der Waals surface area contributed by atoms with Crippen molar-refractivity contribution in [2.45, 2.75) is 13.8 Å². The highest BCUT2D eigenvalue weighted by Gasteiger charge is 1.77. The Morgan fingerprint density at radius 1 is 1.36 bits per heavy atom. The van der Waals surface area contributed by atoms with E-state index in [1.807, 2.05) is 30.6 Å². The highest BCUT2D eigenvalue weighted by atomic mass is 32.2. The van der Waals surface area contributed by atoms with Gasteiger partial charge in [-0.15, -0.1) is 11.8 Å². The summed E-state index contributed by atoms with van der Waals surface area (Å²) < 4.78 is 0. The van der Waals surface area contributed by atoms with Gasteiger partial charge < -0.3 is 0 Å². The number of allylic oxidation sites excluding steroid dienone is 5. The molecule has 0 unspecified atom stereocenters. The first-order valence-electron chi connectivity index (χ1n) is 3.53. The molecule has 0 spiro atoms. The smallest absolute Gasteiger partial charge is 0.0219 e. The molecule has 60 valence electrons. The summed E-state index contributed by atoms with van der Waals surface area (Å²) in [6, 6.07) is 0. The lowest BCUT2D eigenvalue weighted by atomic mass is 10.3. The van der Waals surface area contributed by atoms with E-state index in [4.69, 9.17) is 0 Å². The lowest BCUT2D eigenvalue weighted by molar-refractivity contribution is 1.55. The summed E-state index contributed by atoms with van der Waals surface area (Å²) in [4.78, 5) is 0. The van der Waals surface area contributed by atoms with Crippen molar-refractivity contribution in [3.63, 3.8) is 0 Å². The summed E-state index contributed by atoms with van der Waals surface area (Å²) in [5.41, 5.74) is 1.24. The molecular weight excluding hydrogens is 152 g/mol. The summed E-state index contributed by atoms with van der Waals surface area (Å²) in [6.45, 7) is 7.68. The summed E-state index contributed by atoms with van der Waals surface area (Å²) in [5.74, 6) is 0. The van der Waals surface area contributed by atoms with Crippen molar-refractivity contribution < 1.29 is 0 Å². The van der Waals surface area contributed by atoms with E-state index in [0.717, 1.165) is 0 Å². The van der Waals surface area contributed by atoms with Gasteiger partial charge in [0.05, 0.1) is 0 Å². The van der Waals surface area contributed by atoms with E-state index in [1.165, 1.54) is 5.57 Å². The molecule has 0 aliphatic heterocycles. The quantitative estimate of drug-likeness (QED) is 0.571. The van der Waals surface area contributed by atoms with Gasteiger partial charge in [-0.2, -0.15) is 0 Å². The van der Waals surface area contributed by atoms with Crippen molar-refractivity contribution in [1.29, 1.82) is 0 Å². The van der Waals surface area contributed by atoms with Crippen molar-refractivity contribution in [3.05, 3.63) is 47.3 Å². The Kier molecular flexibility index (Phi) is 6.95. The van der Waals surface area contributed by atoms with E-state index in [2.05, 4.69) is 25.0 Å². The van der Waals surface area contributed by atoms with Gasteiger partial charge in [-0.3, -0.25) is 0 Å². The van der Waals surface area contributed by atoms with Crippen LogP contribution in [0.1, 0.15) is 13.8 Å². The topological polar surface area (TPSA) is 0 Å². The summed E-state index contributed by atoms with van der Waals surface area (Å²) in [7, 11) is 0. The zero-order valence-corrected chi connectivity index (χ0v) is 7.90. The van der Waals surface area contributed by atoms with Crippen LogP contribution in [0.3, 0.4) is 0 Å². The normalized spacial score (nSPS) is 13.1. The van der Waals surface area contributed by atoms with Gasteiger partial charge in [0.1, 0.15) is 0 Å². The zero-order valence-electron chi connectivity index (χ0n) is 7.08. The average molecular weight is 166 g/mol. The number of hydrogen-bond acceptors (Lipinski definition) is 1. The second kappa shape index (κ2) is 7.42. The summed E-state index contributed by atoms with van der Waals surface area (Å²) >= 11 is 1.60. The molecule has 0 bridgehead atoms. The third kappa shape index (κ3) is 7.20. The van der Waals surface area contributed by atoms with Crippen LogP contribution in [0.15, 0.2) is 47.3 Å². The molecule has 0 amide bonds. The predicted octanol–water partition coefficient (Wildman–Crippen LogP) is 3.90. The molecule has 0 aromatic carbocycles. The van der Waals surface area contributed by atoms with Crippen LogP contribution in [0.4, 0.5) is 0 Å². The van der Waals surface area contributed by atoms with Crippen LogP contribution in [-0.2, 0) is 0 Å². The lowest BCUT2D eigenvalue weighted by Crippen LogP contribution is -1.62. The molecule has 0 heterocycles. The Hall–Kier alpha value is -0.690. The third-order valence-corrected chi connectivity index (χ3v) is 1.71. The molecule has 0 aromatic rings. The number of hydrogen-bond donors (Lipinski definition) is 0. The van der Waals surface area contributed by atoms with E-state index in [9.17, 15) is 0 Å². The minimum Gasteiger partial charge on any atom is -0.106 e. The van der Waals surface area contributed by atoms with Crippen molar-refractivity contribution in [3.8, 4) is 0 Å². The van der Waals surface area contributed by atoms with Crippen LogP contribution < -0.4 is 0 Å². The minimum absolute atomic E-state index is 1.24. The predicted molar refractivity (Wildman–Crippen MR) is 55.5 cm³/mol. The Morgan fingerprint density at radius 2 is 2.09 bits per heavy atom. The maximum Gasteiger partial charge on any atom is -0.0219 e. The van der Waals surface area contributed by atoms with Crippen LogP contribution in [0, 0.1) is 0 Å². The molecule has 0 radical (unpaired) electrons. The van der Waals surface area contributed by atoms with Crippen LogP contribution >= 0.6 is 11.8 Å². The minimum atomic E-state index is 1.24. The molecule has 0 aromatic heterocycles. The van der Waals surface area contributed by atoms with Crippen molar-refractivity contribution in [2.75, 3.05) is 0 Å². The number of rotatable bonds is 4. The Balaban J connectivity index is 3.83. The van der Waals surface area contributed by atoms with Gasteiger partial charge in [-0.05, 0) is 30.2 Å². The second-order valence-corrected chi connectivity index (χ2v) is 2.89. The molecule has 0 rings (SSSR count). The maximum absolute atomic E-state index is 3.61. The Morgan fingerprint density at radius 3 is 2.64 bits per heavy atom. The van der Waals surface area contributed by atoms with Gasteiger partial charge in [-0.25, -0.2) is 0 Å². The first-order chi connectivity index (χ1) is 5.31. The van der Waals surface area contributed by atoms with Crippen LogP contribution in [0.2, 0.25) is 0 Å². The largest absolute Gasteiger partial charge is 0.106 e. The highest BCUT2D eigenvalue weighted by molar-refractivity contribution is 8.04. The fourth-order valence-corrected chi connectivity index (χ4v) is 0.903. The molecule has 0 atom stereocenters. The standard InChI is InChI=1S/C10H14S/c1-4-6-7-8-10(3)9-11-5-2/h4-9H,2H2,1,3H3/b6-4-,8-7-,10-9+. The Labute approximate surface area is 73.4 Å². The van der Waals surface area contributed by atoms with Gasteiger partial charge in [0, 0.05) is 0 Å². The van der Waals surface area contributed by atoms with E-state index >= 15 is 0 Å². The third-order valence-electron chi connectivity index (χ3n) is 1.01. The van der Waals surface area contributed by atoms with E-state index < -0.39 is 0 Å². The molecule has 0 saturated heterocycles. The van der Waals surface area contributed by atoms with Crippen LogP contribution in [-0.4, -0.2) is 0 Å². The van der Waals surface area contributed by atoms with Gasteiger partial charge in [0.15, 0.2) is 0 Å². The summed E-state index contributed by atoms with van der Waals surface area (Å²) in [6.07, 6.45) is 8.10. The molecule has 1 heteroatoms. The monoisotopic (exact) mass is 166 g/mol. The van der Waals surface area contributed by atoms with E-state index in [0.29, 0.717) is 0 Å².